The van der Waals surface area contributed by atoms with Crippen molar-refractivity contribution >= 4 is 5.91 Å². The van der Waals surface area contributed by atoms with Gasteiger partial charge in [0.1, 0.15) is 0 Å². The molecule has 0 aliphatic carbocycles. The van der Waals surface area contributed by atoms with Crippen LogP contribution in [0.1, 0.15) is 19.3 Å². The number of rotatable bonds is 2. The molecule has 0 radical (unpaired) electrons. The molecule has 0 aromatic heterocycles. The average Bonchev–Trinajstić information content (AvgIpc) is 2.81. The van der Waals surface area contributed by atoms with Gasteiger partial charge in [0.05, 0.1) is 6.54 Å². The molecule has 0 aromatic rings. The molecule has 1 amide bonds. The van der Waals surface area contributed by atoms with E-state index >= 15 is 0 Å². The number of piperidine rings is 1. The van der Waals surface area contributed by atoms with E-state index in [-0.39, 0.29) is 0 Å². The van der Waals surface area contributed by atoms with Crippen molar-refractivity contribution in [2.75, 3.05) is 66.0 Å². The fourth-order valence-corrected chi connectivity index (χ4v) is 3.96. The van der Waals surface area contributed by atoms with Crippen LogP contribution in [0.2, 0.25) is 0 Å². The summed E-state index contributed by atoms with van der Waals surface area (Å²) in [6, 6.07) is 0. The number of piperazine rings is 1. The van der Waals surface area contributed by atoms with E-state index in [1.807, 2.05) is 0 Å². The molecule has 0 saturated carbocycles. The Morgan fingerprint density at radius 2 is 1.70 bits per heavy atom. The molecule has 3 aliphatic heterocycles. The van der Waals surface area contributed by atoms with E-state index in [0.717, 1.165) is 39.3 Å². The molecule has 3 fully saturated rings. The van der Waals surface area contributed by atoms with Crippen LogP contribution in [0.5, 0.6) is 0 Å². The van der Waals surface area contributed by atoms with Gasteiger partial charge in [0.15, 0.2) is 0 Å². The Hall–Kier alpha value is -0.650. The zero-order chi connectivity index (χ0) is 14.0. The van der Waals surface area contributed by atoms with Gasteiger partial charge in [-0.05, 0) is 38.3 Å². The Bertz CT molecular complexity index is 346. The van der Waals surface area contributed by atoms with Crippen LogP contribution in [-0.2, 0) is 4.79 Å². The zero-order valence-electron chi connectivity index (χ0n) is 12.7. The molecular weight excluding hydrogens is 252 g/mol. The van der Waals surface area contributed by atoms with Crippen molar-refractivity contribution < 1.29 is 4.79 Å². The minimum absolute atomic E-state index is 0.341. The molecule has 0 aromatic carbocycles. The van der Waals surface area contributed by atoms with E-state index in [0.29, 0.717) is 17.9 Å². The van der Waals surface area contributed by atoms with Gasteiger partial charge in [-0.25, -0.2) is 0 Å². The second-order valence-electron chi connectivity index (χ2n) is 6.89. The summed E-state index contributed by atoms with van der Waals surface area (Å²) in [5.41, 5.74) is 0.514. The van der Waals surface area contributed by atoms with E-state index in [2.05, 4.69) is 27.1 Å². The summed E-state index contributed by atoms with van der Waals surface area (Å²) < 4.78 is 0. The lowest BCUT2D eigenvalue weighted by atomic mass is 9.78. The third-order valence-corrected chi connectivity index (χ3v) is 5.37. The highest BCUT2D eigenvalue weighted by atomic mass is 16.2. The topological polar surface area (TPSA) is 38.8 Å². The number of carbonyl (C=O) groups excluding carboxylic acids is 1. The van der Waals surface area contributed by atoms with E-state index in [4.69, 9.17) is 0 Å². The van der Waals surface area contributed by atoms with Gasteiger partial charge in [-0.2, -0.15) is 0 Å². The molecule has 114 valence electrons. The van der Waals surface area contributed by atoms with E-state index < -0.39 is 0 Å². The first-order valence-corrected chi connectivity index (χ1v) is 8.06. The number of hydrogen-bond acceptors (Lipinski definition) is 4. The van der Waals surface area contributed by atoms with Gasteiger partial charge in [0.2, 0.25) is 5.91 Å². The number of nitrogens with zero attached hydrogens (tertiary/aromatic N) is 3. The highest BCUT2D eigenvalue weighted by Crippen LogP contribution is 2.39. The molecule has 20 heavy (non-hydrogen) atoms. The maximum absolute atomic E-state index is 12.4. The van der Waals surface area contributed by atoms with Crippen LogP contribution < -0.4 is 5.32 Å². The number of likely N-dealkylation sites (tertiary alicyclic amines) is 2. The predicted octanol–water partition coefficient (Wildman–Crippen LogP) is -0.164. The van der Waals surface area contributed by atoms with Gasteiger partial charge in [0.25, 0.3) is 0 Å². The minimum atomic E-state index is 0.341. The summed E-state index contributed by atoms with van der Waals surface area (Å²) in [7, 11) is 2.22. The monoisotopic (exact) mass is 280 g/mol. The lowest BCUT2D eigenvalue weighted by Gasteiger charge is -2.40. The van der Waals surface area contributed by atoms with Gasteiger partial charge in [0, 0.05) is 45.8 Å². The Morgan fingerprint density at radius 1 is 1.05 bits per heavy atom. The summed E-state index contributed by atoms with van der Waals surface area (Å²) >= 11 is 0. The molecule has 3 heterocycles. The van der Waals surface area contributed by atoms with Gasteiger partial charge < -0.3 is 15.1 Å². The first-order valence-electron chi connectivity index (χ1n) is 8.06. The molecule has 0 unspecified atom stereocenters. The molecule has 5 nitrogen and oxygen atoms in total. The second kappa shape index (κ2) is 6.00. The van der Waals surface area contributed by atoms with Crippen molar-refractivity contribution in [2.45, 2.75) is 19.3 Å². The van der Waals surface area contributed by atoms with Crippen LogP contribution in [-0.4, -0.2) is 86.6 Å². The van der Waals surface area contributed by atoms with Gasteiger partial charge in [-0.1, -0.05) is 0 Å². The third kappa shape index (κ3) is 3.15. The van der Waals surface area contributed by atoms with Crippen molar-refractivity contribution in [3.05, 3.63) is 0 Å². The number of nitrogens with one attached hydrogen (secondary N) is 1. The molecule has 0 atom stereocenters. The van der Waals surface area contributed by atoms with Crippen molar-refractivity contribution in [1.29, 1.82) is 0 Å². The summed E-state index contributed by atoms with van der Waals surface area (Å²) in [6.07, 6.45) is 3.72. The Morgan fingerprint density at radius 3 is 2.30 bits per heavy atom. The van der Waals surface area contributed by atoms with Gasteiger partial charge in [-0.3, -0.25) is 9.69 Å². The SMILES string of the molecule is CN1CCC2(CCN(C(=O)CN3CCNCC3)CC2)C1. The van der Waals surface area contributed by atoms with E-state index in [9.17, 15) is 4.79 Å². The largest absolute Gasteiger partial charge is 0.342 e. The molecule has 5 heteroatoms. The van der Waals surface area contributed by atoms with Crippen LogP contribution >= 0.6 is 0 Å². The fraction of sp³-hybridized carbons (Fsp3) is 0.933. The quantitative estimate of drug-likeness (QED) is 0.763. The van der Waals surface area contributed by atoms with Crippen LogP contribution in [0.3, 0.4) is 0 Å². The Labute approximate surface area is 122 Å². The van der Waals surface area contributed by atoms with Crippen molar-refractivity contribution in [2.24, 2.45) is 5.41 Å². The molecule has 3 saturated heterocycles. The van der Waals surface area contributed by atoms with Crippen LogP contribution in [0, 0.1) is 5.41 Å². The van der Waals surface area contributed by atoms with Crippen molar-refractivity contribution in [1.82, 2.24) is 20.0 Å². The normalized spacial score (nSPS) is 28.1. The summed E-state index contributed by atoms with van der Waals surface area (Å²) in [5, 5.41) is 3.33. The second-order valence-corrected chi connectivity index (χ2v) is 6.89. The smallest absolute Gasteiger partial charge is 0.236 e. The van der Waals surface area contributed by atoms with Crippen LogP contribution in [0.4, 0.5) is 0 Å². The number of hydrogen-bond donors (Lipinski definition) is 1. The molecule has 3 rings (SSSR count). The lowest BCUT2D eigenvalue weighted by Crippen LogP contribution is -2.51. The van der Waals surface area contributed by atoms with Crippen molar-refractivity contribution in [3.8, 4) is 0 Å². The van der Waals surface area contributed by atoms with Crippen LogP contribution in [0.15, 0.2) is 0 Å². The predicted molar refractivity (Wildman–Crippen MR) is 79.7 cm³/mol. The minimum Gasteiger partial charge on any atom is -0.342 e. The van der Waals surface area contributed by atoms with Gasteiger partial charge in [-0.15, -0.1) is 0 Å². The Balaban J connectivity index is 1.46. The Kier molecular flexibility index (Phi) is 4.29. The van der Waals surface area contributed by atoms with Crippen LogP contribution in [0.25, 0.3) is 0 Å². The van der Waals surface area contributed by atoms with E-state index in [1.54, 1.807) is 0 Å². The third-order valence-electron chi connectivity index (χ3n) is 5.37. The number of amides is 1. The van der Waals surface area contributed by atoms with Gasteiger partial charge >= 0.3 is 0 Å². The number of carbonyl (C=O) groups is 1. The first kappa shape index (κ1) is 14.3. The van der Waals surface area contributed by atoms with Crippen molar-refractivity contribution in [3.63, 3.8) is 0 Å². The molecule has 0 bridgehead atoms. The average molecular weight is 280 g/mol. The summed E-state index contributed by atoms with van der Waals surface area (Å²) in [6.45, 7) is 9.07. The maximum atomic E-state index is 12.4. The first-order chi connectivity index (χ1) is 9.67. The highest BCUT2D eigenvalue weighted by Gasteiger charge is 2.40. The summed E-state index contributed by atoms with van der Waals surface area (Å²) in [5.74, 6) is 0.341. The standard InChI is InChI=1S/C15H28N4O/c1-17-7-2-15(13-17)3-8-19(9-4-15)14(20)12-18-10-5-16-6-11-18/h16H,2-13H2,1H3. The maximum Gasteiger partial charge on any atom is 0.236 e. The molecular formula is C15H28N4O. The zero-order valence-corrected chi connectivity index (χ0v) is 12.7. The molecule has 1 N–H and O–H groups in total. The fourth-order valence-electron chi connectivity index (χ4n) is 3.96. The lowest BCUT2D eigenvalue weighted by molar-refractivity contribution is -0.134. The summed E-state index contributed by atoms with van der Waals surface area (Å²) in [4.78, 5) is 19.2. The van der Waals surface area contributed by atoms with E-state index in [1.165, 1.54) is 32.4 Å². The molecule has 3 aliphatic rings. The highest BCUT2D eigenvalue weighted by molar-refractivity contribution is 5.78. The molecule has 1 spiro atoms.